The predicted molar refractivity (Wildman–Crippen MR) is 123 cm³/mol. The molecule has 5 rings (SSSR count). The summed E-state index contributed by atoms with van der Waals surface area (Å²) in [5.41, 5.74) is 5.43. The van der Waals surface area contributed by atoms with Gasteiger partial charge in [-0.3, -0.25) is 0 Å². The highest BCUT2D eigenvalue weighted by atomic mass is 19.1. The molecule has 166 valence electrons. The number of aromatic nitrogens is 2. The van der Waals surface area contributed by atoms with Crippen LogP contribution in [-0.4, -0.2) is 52.2 Å². The Hall–Kier alpha value is -2.83. The first-order valence-corrected chi connectivity index (χ1v) is 11.5. The second-order valence-electron chi connectivity index (χ2n) is 8.86. The van der Waals surface area contributed by atoms with Gasteiger partial charge in [-0.15, -0.1) is 0 Å². The molecule has 0 bridgehead atoms. The quantitative estimate of drug-likeness (QED) is 0.643. The van der Waals surface area contributed by atoms with Crippen molar-refractivity contribution in [3.8, 4) is 0 Å². The third-order valence-electron chi connectivity index (χ3n) is 6.88. The summed E-state index contributed by atoms with van der Waals surface area (Å²) in [4.78, 5) is 13.1. The molecule has 0 radical (unpaired) electrons. The zero-order chi connectivity index (χ0) is 21.9. The molecule has 32 heavy (non-hydrogen) atoms. The minimum Gasteiger partial charge on any atom is -0.384 e. The maximum Gasteiger partial charge on any atom is 0.123 e. The average molecular weight is 433 g/mol. The molecule has 5 nitrogen and oxygen atoms in total. The van der Waals surface area contributed by atoms with Crippen molar-refractivity contribution in [3.63, 3.8) is 0 Å². The van der Waals surface area contributed by atoms with Crippen LogP contribution in [0.5, 0.6) is 0 Å². The summed E-state index contributed by atoms with van der Waals surface area (Å²) in [5, 5.41) is 10.8. The molecule has 1 saturated heterocycles. The van der Waals surface area contributed by atoms with Crippen molar-refractivity contribution in [1.29, 1.82) is 0 Å². The molecule has 3 heterocycles. The molecule has 6 heteroatoms. The lowest BCUT2D eigenvalue weighted by Gasteiger charge is -2.38. The number of likely N-dealkylation sites (tertiary alicyclic amines) is 1. The molecule has 0 spiro atoms. The van der Waals surface area contributed by atoms with Crippen LogP contribution >= 0.6 is 0 Å². The van der Waals surface area contributed by atoms with Gasteiger partial charge in [0.05, 0.1) is 0 Å². The number of halogens is 1. The average Bonchev–Trinajstić information content (AvgIpc) is 3.27. The summed E-state index contributed by atoms with van der Waals surface area (Å²) < 4.78 is 13.1. The van der Waals surface area contributed by atoms with Crippen molar-refractivity contribution in [3.05, 3.63) is 89.3 Å². The first-order chi connectivity index (χ1) is 15.7. The standard InChI is InChI=1S/C26H29FN4O/c27-23-5-1-19(2-6-23)7-11-30-12-9-24(10-13-30)31-14-8-20-3-4-21(15-25(20)31)26(32)22-16-28-18-29-17-22/h1-6,15-18,24,26,32H,7-14H2. The first kappa shape index (κ1) is 21.0. The van der Waals surface area contributed by atoms with Crippen LogP contribution in [0.25, 0.3) is 0 Å². The molecule has 1 atom stereocenters. The monoisotopic (exact) mass is 432 g/mol. The lowest BCUT2D eigenvalue weighted by molar-refractivity contribution is 0.211. The van der Waals surface area contributed by atoms with E-state index in [4.69, 9.17) is 0 Å². The molecule has 2 aliphatic rings. The van der Waals surface area contributed by atoms with Crippen LogP contribution in [0.1, 0.15) is 41.2 Å². The van der Waals surface area contributed by atoms with E-state index in [1.807, 2.05) is 18.2 Å². The molecule has 1 aromatic heterocycles. The van der Waals surface area contributed by atoms with Crippen molar-refractivity contribution in [1.82, 2.24) is 14.9 Å². The summed E-state index contributed by atoms with van der Waals surface area (Å²) in [6, 6.07) is 13.7. The van der Waals surface area contributed by atoms with Crippen LogP contribution in [-0.2, 0) is 12.8 Å². The Kier molecular flexibility index (Phi) is 6.14. The zero-order valence-electron chi connectivity index (χ0n) is 18.2. The molecular formula is C26H29FN4O. The number of piperidine rings is 1. The summed E-state index contributed by atoms with van der Waals surface area (Å²) in [6.07, 6.45) is 8.41. The van der Waals surface area contributed by atoms with Gasteiger partial charge in [-0.2, -0.15) is 0 Å². The van der Waals surface area contributed by atoms with E-state index in [9.17, 15) is 9.50 Å². The number of hydrogen-bond acceptors (Lipinski definition) is 5. The van der Waals surface area contributed by atoms with Gasteiger partial charge in [0.15, 0.2) is 0 Å². The van der Waals surface area contributed by atoms with E-state index in [0.29, 0.717) is 11.6 Å². The molecule has 0 amide bonds. The highest BCUT2D eigenvalue weighted by Gasteiger charge is 2.30. The Morgan fingerprint density at radius 2 is 1.72 bits per heavy atom. The summed E-state index contributed by atoms with van der Waals surface area (Å²) in [5.74, 6) is -0.173. The van der Waals surface area contributed by atoms with Crippen LogP contribution < -0.4 is 4.90 Å². The maximum absolute atomic E-state index is 13.1. The fourth-order valence-corrected chi connectivity index (χ4v) is 5.01. The second kappa shape index (κ2) is 9.35. The van der Waals surface area contributed by atoms with Crippen LogP contribution in [0.4, 0.5) is 10.1 Å². The summed E-state index contributed by atoms with van der Waals surface area (Å²) in [6.45, 7) is 4.23. The van der Waals surface area contributed by atoms with Crippen molar-refractivity contribution < 1.29 is 9.50 Å². The molecule has 2 aliphatic heterocycles. The molecule has 0 saturated carbocycles. The Labute approximate surface area is 188 Å². The first-order valence-electron chi connectivity index (χ1n) is 11.5. The Morgan fingerprint density at radius 1 is 0.969 bits per heavy atom. The van der Waals surface area contributed by atoms with Crippen LogP contribution in [0.2, 0.25) is 0 Å². The molecule has 3 aromatic rings. The molecule has 1 fully saturated rings. The largest absolute Gasteiger partial charge is 0.384 e. The normalized spacial score (nSPS) is 18.0. The van der Waals surface area contributed by atoms with E-state index < -0.39 is 6.10 Å². The van der Waals surface area contributed by atoms with Crippen molar-refractivity contribution in [2.24, 2.45) is 0 Å². The van der Waals surface area contributed by atoms with Gasteiger partial charge in [-0.25, -0.2) is 14.4 Å². The van der Waals surface area contributed by atoms with Gasteiger partial charge in [0, 0.05) is 55.9 Å². The number of aliphatic hydroxyl groups excluding tert-OH is 1. The van der Waals surface area contributed by atoms with Gasteiger partial charge in [0.25, 0.3) is 0 Å². The molecule has 2 aromatic carbocycles. The lowest BCUT2D eigenvalue weighted by atomic mass is 9.99. The lowest BCUT2D eigenvalue weighted by Crippen LogP contribution is -2.45. The fourth-order valence-electron chi connectivity index (χ4n) is 5.01. The van der Waals surface area contributed by atoms with Gasteiger partial charge in [-0.1, -0.05) is 24.3 Å². The Balaban J connectivity index is 1.21. The smallest absolute Gasteiger partial charge is 0.123 e. The van der Waals surface area contributed by atoms with E-state index in [1.54, 1.807) is 24.5 Å². The van der Waals surface area contributed by atoms with Crippen molar-refractivity contribution >= 4 is 5.69 Å². The molecule has 0 aliphatic carbocycles. The number of rotatable bonds is 6. The zero-order valence-corrected chi connectivity index (χ0v) is 18.2. The van der Waals surface area contributed by atoms with E-state index in [0.717, 1.165) is 57.4 Å². The van der Waals surface area contributed by atoms with Crippen LogP contribution in [0.3, 0.4) is 0 Å². The predicted octanol–water partition coefficient (Wildman–Crippen LogP) is 3.77. The minimum atomic E-state index is -0.711. The van der Waals surface area contributed by atoms with Gasteiger partial charge in [0.2, 0.25) is 0 Å². The molecule has 1 N–H and O–H groups in total. The summed E-state index contributed by atoms with van der Waals surface area (Å²) >= 11 is 0. The topological polar surface area (TPSA) is 52.5 Å². The Morgan fingerprint density at radius 3 is 2.47 bits per heavy atom. The summed E-state index contributed by atoms with van der Waals surface area (Å²) in [7, 11) is 0. The SMILES string of the molecule is OC(c1cncnc1)c1ccc2c(c1)N(C1CCN(CCc3ccc(F)cc3)CC1)CC2. The fraction of sp³-hybridized carbons (Fsp3) is 0.385. The molecule has 1 unspecified atom stereocenters. The van der Waals surface area contributed by atoms with Gasteiger partial charge >= 0.3 is 0 Å². The van der Waals surface area contributed by atoms with E-state index in [-0.39, 0.29) is 5.82 Å². The highest BCUT2D eigenvalue weighted by Crippen LogP contribution is 2.35. The van der Waals surface area contributed by atoms with Crippen molar-refractivity contribution in [2.75, 3.05) is 31.1 Å². The van der Waals surface area contributed by atoms with Crippen LogP contribution in [0.15, 0.2) is 61.2 Å². The number of aliphatic hydroxyl groups is 1. The van der Waals surface area contributed by atoms with E-state index in [1.165, 1.54) is 23.1 Å². The minimum absolute atomic E-state index is 0.173. The molecular weight excluding hydrogens is 403 g/mol. The number of anilines is 1. The highest BCUT2D eigenvalue weighted by molar-refractivity contribution is 5.61. The number of nitrogens with zero attached hydrogens (tertiary/aromatic N) is 4. The third-order valence-corrected chi connectivity index (χ3v) is 6.88. The van der Waals surface area contributed by atoms with Gasteiger partial charge in [-0.05, 0) is 60.6 Å². The van der Waals surface area contributed by atoms with Crippen LogP contribution in [0, 0.1) is 5.82 Å². The third kappa shape index (κ3) is 4.52. The van der Waals surface area contributed by atoms with E-state index in [2.05, 4.69) is 31.9 Å². The van der Waals surface area contributed by atoms with Crippen molar-refractivity contribution in [2.45, 2.75) is 37.8 Å². The second-order valence-corrected chi connectivity index (χ2v) is 8.86. The van der Waals surface area contributed by atoms with Gasteiger partial charge in [0.1, 0.15) is 18.2 Å². The van der Waals surface area contributed by atoms with E-state index >= 15 is 0 Å². The van der Waals surface area contributed by atoms with Gasteiger partial charge < -0.3 is 14.9 Å². The number of benzene rings is 2. The number of hydrogen-bond donors (Lipinski definition) is 1. The Bertz CT molecular complexity index is 1040. The maximum atomic E-state index is 13.1. The number of fused-ring (bicyclic) bond motifs is 1.